The minimum absolute atomic E-state index is 0.137. The molecule has 6 nitrogen and oxygen atoms in total. The van der Waals surface area contributed by atoms with Crippen molar-refractivity contribution >= 4 is 12.1 Å². The number of aliphatic carboxylic acids is 1. The van der Waals surface area contributed by atoms with Crippen LogP contribution in [0.2, 0.25) is 0 Å². The number of ether oxygens (including phenoxy) is 2. The molecule has 0 fully saturated rings. The first-order valence-corrected chi connectivity index (χ1v) is 6.73. The second-order valence-electron chi connectivity index (χ2n) is 6.09. The standard InChI is InChI=1S/C14H27NO5/c1-8-10(2)14(6,11(16)17)15(9-19-7)12(18)20-13(3,4)5/h10H,8-9H2,1-7H3,(H,16,17)/t10-,14-/m0/s1. The first-order chi connectivity index (χ1) is 9.00. The van der Waals surface area contributed by atoms with Crippen LogP contribution in [0.1, 0.15) is 48.0 Å². The van der Waals surface area contributed by atoms with Gasteiger partial charge >= 0.3 is 12.1 Å². The van der Waals surface area contributed by atoms with E-state index in [4.69, 9.17) is 9.47 Å². The van der Waals surface area contributed by atoms with Gasteiger partial charge in [0.05, 0.1) is 0 Å². The van der Waals surface area contributed by atoms with Gasteiger partial charge in [0.25, 0.3) is 0 Å². The Morgan fingerprint density at radius 2 is 1.75 bits per heavy atom. The summed E-state index contributed by atoms with van der Waals surface area (Å²) in [6, 6.07) is 0. The van der Waals surface area contributed by atoms with Gasteiger partial charge in [-0.25, -0.2) is 9.59 Å². The molecule has 0 rings (SSSR count). The lowest BCUT2D eigenvalue weighted by atomic mass is 9.84. The van der Waals surface area contributed by atoms with Gasteiger partial charge in [0.1, 0.15) is 17.9 Å². The molecule has 2 atom stereocenters. The quantitative estimate of drug-likeness (QED) is 0.761. The summed E-state index contributed by atoms with van der Waals surface area (Å²) < 4.78 is 10.3. The molecule has 0 aromatic rings. The Labute approximate surface area is 121 Å². The Bertz CT molecular complexity index is 350. The van der Waals surface area contributed by atoms with Crippen molar-refractivity contribution in [1.29, 1.82) is 0 Å². The maximum absolute atomic E-state index is 12.3. The first-order valence-electron chi connectivity index (χ1n) is 6.73. The van der Waals surface area contributed by atoms with E-state index in [0.717, 1.165) is 4.90 Å². The van der Waals surface area contributed by atoms with E-state index in [-0.39, 0.29) is 12.6 Å². The highest BCUT2D eigenvalue weighted by molar-refractivity contribution is 5.84. The molecule has 0 aromatic carbocycles. The van der Waals surface area contributed by atoms with E-state index in [2.05, 4.69) is 0 Å². The number of carbonyl (C=O) groups excluding carboxylic acids is 1. The van der Waals surface area contributed by atoms with Crippen molar-refractivity contribution in [2.24, 2.45) is 5.92 Å². The molecule has 0 spiro atoms. The van der Waals surface area contributed by atoms with Gasteiger partial charge in [-0.15, -0.1) is 0 Å². The average molecular weight is 289 g/mol. The zero-order chi connectivity index (χ0) is 16.1. The van der Waals surface area contributed by atoms with E-state index in [0.29, 0.717) is 6.42 Å². The van der Waals surface area contributed by atoms with Crippen molar-refractivity contribution in [3.8, 4) is 0 Å². The zero-order valence-corrected chi connectivity index (χ0v) is 13.5. The maximum Gasteiger partial charge on any atom is 0.413 e. The van der Waals surface area contributed by atoms with Crippen LogP contribution in [0.25, 0.3) is 0 Å². The van der Waals surface area contributed by atoms with E-state index in [1.165, 1.54) is 14.0 Å². The number of carboxylic acid groups (broad SMARTS) is 1. The molecule has 0 aliphatic rings. The number of amides is 1. The fourth-order valence-corrected chi connectivity index (χ4v) is 1.81. The van der Waals surface area contributed by atoms with E-state index < -0.39 is 23.2 Å². The summed E-state index contributed by atoms with van der Waals surface area (Å²) in [6.45, 7) is 10.3. The number of carbonyl (C=O) groups is 2. The summed E-state index contributed by atoms with van der Waals surface area (Å²) in [5.74, 6) is -1.32. The number of methoxy groups -OCH3 is 1. The largest absolute Gasteiger partial charge is 0.479 e. The summed E-state index contributed by atoms with van der Waals surface area (Å²) in [4.78, 5) is 25.1. The molecule has 118 valence electrons. The van der Waals surface area contributed by atoms with Gasteiger partial charge in [-0.05, 0) is 33.6 Å². The minimum Gasteiger partial charge on any atom is -0.479 e. The topological polar surface area (TPSA) is 76.1 Å². The summed E-state index contributed by atoms with van der Waals surface area (Å²) >= 11 is 0. The maximum atomic E-state index is 12.3. The predicted octanol–water partition coefficient (Wildman–Crippen LogP) is 2.72. The second-order valence-corrected chi connectivity index (χ2v) is 6.09. The summed E-state index contributed by atoms with van der Waals surface area (Å²) in [5.41, 5.74) is -2.08. The van der Waals surface area contributed by atoms with E-state index >= 15 is 0 Å². The van der Waals surface area contributed by atoms with E-state index in [1.807, 2.05) is 6.92 Å². The first kappa shape index (κ1) is 18.7. The van der Waals surface area contributed by atoms with Crippen molar-refractivity contribution in [1.82, 2.24) is 4.90 Å². The Hall–Kier alpha value is -1.30. The molecule has 0 aromatic heterocycles. The number of rotatable bonds is 6. The second kappa shape index (κ2) is 6.92. The average Bonchev–Trinajstić information content (AvgIpc) is 2.31. The molecule has 1 amide bonds. The number of hydrogen-bond acceptors (Lipinski definition) is 4. The lowest BCUT2D eigenvalue weighted by Crippen LogP contribution is -2.60. The van der Waals surface area contributed by atoms with Gasteiger partial charge in [-0.3, -0.25) is 4.90 Å². The third kappa shape index (κ3) is 4.37. The number of nitrogens with zero attached hydrogens (tertiary/aromatic N) is 1. The van der Waals surface area contributed by atoms with Crippen LogP contribution in [0.5, 0.6) is 0 Å². The Balaban J connectivity index is 5.50. The Morgan fingerprint density at radius 1 is 1.25 bits per heavy atom. The van der Waals surface area contributed by atoms with Crippen molar-refractivity contribution in [2.75, 3.05) is 13.8 Å². The third-order valence-corrected chi connectivity index (χ3v) is 3.44. The smallest absolute Gasteiger partial charge is 0.413 e. The third-order valence-electron chi connectivity index (χ3n) is 3.44. The molecule has 6 heteroatoms. The van der Waals surface area contributed by atoms with Gasteiger partial charge in [-0.2, -0.15) is 0 Å². The molecule has 0 heterocycles. The molecule has 0 bridgehead atoms. The highest BCUT2D eigenvalue weighted by Crippen LogP contribution is 2.29. The van der Waals surface area contributed by atoms with Gasteiger partial charge in [-0.1, -0.05) is 20.3 Å². The molecule has 0 aliphatic heterocycles. The zero-order valence-electron chi connectivity index (χ0n) is 13.5. The SMILES string of the molecule is CC[C@H](C)[C@@](C)(C(=O)O)N(COC)C(=O)OC(C)(C)C. The van der Waals surface area contributed by atoms with Gasteiger partial charge in [0.15, 0.2) is 0 Å². The van der Waals surface area contributed by atoms with Crippen molar-refractivity contribution < 1.29 is 24.2 Å². The van der Waals surface area contributed by atoms with Crippen LogP contribution in [0, 0.1) is 5.92 Å². The monoisotopic (exact) mass is 289 g/mol. The van der Waals surface area contributed by atoms with Gasteiger partial charge in [0, 0.05) is 7.11 Å². The number of hydrogen-bond donors (Lipinski definition) is 1. The fourth-order valence-electron chi connectivity index (χ4n) is 1.81. The van der Waals surface area contributed by atoms with Crippen LogP contribution in [-0.4, -0.2) is 47.0 Å². The van der Waals surface area contributed by atoms with Crippen LogP contribution >= 0.6 is 0 Å². The van der Waals surface area contributed by atoms with Gasteiger partial charge in [0.2, 0.25) is 0 Å². The molecule has 0 saturated heterocycles. The molecule has 0 aliphatic carbocycles. The molecular weight excluding hydrogens is 262 g/mol. The molecule has 20 heavy (non-hydrogen) atoms. The lowest BCUT2D eigenvalue weighted by Gasteiger charge is -2.41. The Morgan fingerprint density at radius 3 is 2.05 bits per heavy atom. The summed E-state index contributed by atoms with van der Waals surface area (Å²) in [6.07, 6.45) is -0.0734. The van der Waals surface area contributed by atoms with E-state index in [1.54, 1.807) is 27.7 Å². The van der Waals surface area contributed by atoms with Crippen molar-refractivity contribution in [3.05, 3.63) is 0 Å². The highest BCUT2D eigenvalue weighted by Gasteiger charge is 2.47. The van der Waals surface area contributed by atoms with Crippen molar-refractivity contribution in [3.63, 3.8) is 0 Å². The van der Waals surface area contributed by atoms with Crippen LogP contribution in [0.15, 0.2) is 0 Å². The fraction of sp³-hybridized carbons (Fsp3) is 0.857. The van der Waals surface area contributed by atoms with Crippen LogP contribution in [-0.2, 0) is 14.3 Å². The molecule has 0 unspecified atom stereocenters. The highest BCUT2D eigenvalue weighted by atomic mass is 16.6. The summed E-state index contributed by atoms with van der Waals surface area (Å²) in [5, 5.41) is 9.57. The van der Waals surface area contributed by atoms with E-state index in [9.17, 15) is 14.7 Å². The normalized spacial score (nSPS) is 16.1. The van der Waals surface area contributed by atoms with Crippen LogP contribution < -0.4 is 0 Å². The predicted molar refractivity (Wildman–Crippen MR) is 75.4 cm³/mol. The van der Waals surface area contributed by atoms with Crippen LogP contribution in [0.4, 0.5) is 4.79 Å². The molecule has 0 radical (unpaired) electrons. The lowest BCUT2D eigenvalue weighted by molar-refractivity contribution is -0.157. The molecule has 1 N–H and O–H groups in total. The molecule has 0 saturated carbocycles. The van der Waals surface area contributed by atoms with Crippen molar-refractivity contribution in [2.45, 2.75) is 59.1 Å². The number of carboxylic acids is 1. The van der Waals surface area contributed by atoms with Gasteiger partial charge < -0.3 is 14.6 Å². The summed E-state index contributed by atoms with van der Waals surface area (Å²) in [7, 11) is 1.41. The van der Waals surface area contributed by atoms with Crippen LogP contribution in [0.3, 0.4) is 0 Å². The molecular formula is C14H27NO5. The minimum atomic E-state index is -1.38. The Kier molecular flexibility index (Phi) is 6.47.